The molecule has 7 heteroatoms. The molecule has 1 fully saturated rings. The molecule has 0 bridgehead atoms. The molecule has 0 saturated carbocycles. The first-order valence-electron chi connectivity index (χ1n) is 7.03. The average molecular weight is 310 g/mol. The number of rotatable bonds is 5. The highest BCUT2D eigenvalue weighted by atomic mass is 19.1. The molecule has 1 N–H and O–H groups in total. The average Bonchev–Trinajstić information content (AvgIpc) is 2.49. The molecule has 1 unspecified atom stereocenters. The first kappa shape index (κ1) is 16.4. The standard InChI is InChI=1S/C15H19FN2O4/c1-17(10-13(19)20)15(21)14(18-6-8-22-9-7-18)11-4-2-3-5-12(11)16/h2-5,14H,6-10H2,1H3,(H,19,20). The highest BCUT2D eigenvalue weighted by Gasteiger charge is 2.33. The van der Waals surface area contributed by atoms with Crippen LogP contribution in [-0.4, -0.2) is 66.7 Å². The number of nitrogens with zero attached hydrogens (tertiary/aromatic N) is 2. The van der Waals surface area contributed by atoms with Crippen molar-refractivity contribution in [1.29, 1.82) is 0 Å². The summed E-state index contributed by atoms with van der Waals surface area (Å²) in [5.74, 6) is -2.02. The zero-order valence-corrected chi connectivity index (χ0v) is 12.4. The van der Waals surface area contributed by atoms with E-state index in [0.717, 1.165) is 4.90 Å². The Morgan fingerprint density at radius 3 is 2.59 bits per heavy atom. The van der Waals surface area contributed by atoms with Crippen LogP contribution in [0.2, 0.25) is 0 Å². The summed E-state index contributed by atoms with van der Waals surface area (Å²) in [6.07, 6.45) is 0. The predicted octanol–water partition coefficient (Wildman–Crippen LogP) is 0.742. The second-order valence-electron chi connectivity index (χ2n) is 5.16. The second kappa shape index (κ2) is 7.33. The number of carboxylic acids is 1. The maximum Gasteiger partial charge on any atom is 0.323 e. The molecule has 1 aliphatic heterocycles. The summed E-state index contributed by atoms with van der Waals surface area (Å²) in [7, 11) is 1.41. The summed E-state index contributed by atoms with van der Waals surface area (Å²) in [6, 6.07) is 5.24. The molecule has 1 amide bonds. The maximum atomic E-state index is 14.1. The number of aliphatic carboxylic acids is 1. The van der Waals surface area contributed by atoms with Crippen LogP contribution in [0.4, 0.5) is 4.39 Å². The number of halogens is 1. The molecule has 0 aromatic heterocycles. The fourth-order valence-corrected chi connectivity index (χ4v) is 2.51. The maximum absolute atomic E-state index is 14.1. The Bertz CT molecular complexity index is 546. The van der Waals surface area contributed by atoms with E-state index in [2.05, 4.69) is 0 Å². The Morgan fingerprint density at radius 1 is 1.36 bits per heavy atom. The highest BCUT2D eigenvalue weighted by molar-refractivity contribution is 5.86. The molecule has 6 nitrogen and oxygen atoms in total. The quantitative estimate of drug-likeness (QED) is 0.869. The summed E-state index contributed by atoms with van der Waals surface area (Å²) in [5.41, 5.74) is 0.256. The van der Waals surface area contributed by atoms with Crippen LogP contribution in [0.3, 0.4) is 0 Å². The number of ether oxygens (including phenoxy) is 1. The van der Waals surface area contributed by atoms with Crippen LogP contribution in [-0.2, 0) is 14.3 Å². The van der Waals surface area contributed by atoms with Crippen molar-refractivity contribution >= 4 is 11.9 Å². The number of hydrogen-bond acceptors (Lipinski definition) is 4. The molecule has 1 heterocycles. The molecule has 0 aliphatic carbocycles. The molecular formula is C15H19FN2O4. The van der Waals surface area contributed by atoms with Gasteiger partial charge in [0.2, 0.25) is 5.91 Å². The van der Waals surface area contributed by atoms with Gasteiger partial charge in [-0.3, -0.25) is 14.5 Å². The van der Waals surface area contributed by atoms with Crippen LogP contribution >= 0.6 is 0 Å². The molecule has 0 spiro atoms. The van der Waals surface area contributed by atoms with Crippen LogP contribution in [0.25, 0.3) is 0 Å². The molecular weight excluding hydrogens is 291 g/mol. The summed E-state index contributed by atoms with van der Waals surface area (Å²) >= 11 is 0. The highest BCUT2D eigenvalue weighted by Crippen LogP contribution is 2.26. The monoisotopic (exact) mass is 310 g/mol. The summed E-state index contributed by atoms with van der Waals surface area (Å²) in [5, 5.41) is 8.85. The van der Waals surface area contributed by atoms with Crippen LogP contribution < -0.4 is 0 Å². The van der Waals surface area contributed by atoms with E-state index in [1.54, 1.807) is 18.2 Å². The Labute approximate surface area is 128 Å². The molecule has 2 rings (SSSR count). The van der Waals surface area contributed by atoms with Gasteiger partial charge in [0.1, 0.15) is 18.4 Å². The third-order valence-electron chi connectivity index (χ3n) is 3.59. The van der Waals surface area contributed by atoms with E-state index in [4.69, 9.17) is 9.84 Å². The first-order valence-corrected chi connectivity index (χ1v) is 7.03. The normalized spacial score (nSPS) is 17.0. The smallest absolute Gasteiger partial charge is 0.323 e. The number of hydrogen-bond donors (Lipinski definition) is 1. The lowest BCUT2D eigenvalue weighted by molar-refractivity contribution is -0.147. The molecule has 1 atom stereocenters. The third kappa shape index (κ3) is 3.80. The molecule has 22 heavy (non-hydrogen) atoms. The summed E-state index contributed by atoms with van der Waals surface area (Å²) < 4.78 is 19.4. The van der Waals surface area contributed by atoms with Gasteiger partial charge >= 0.3 is 5.97 Å². The summed E-state index contributed by atoms with van der Waals surface area (Å²) in [6.45, 7) is 1.48. The van der Waals surface area contributed by atoms with E-state index in [1.165, 1.54) is 13.1 Å². The SMILES string of the molecule is CN(CC(=O)O)C(=O)C(c1ccccc1F)N1CCOCC1. The van der Waals surface area contributed by atoms with Gasteiger partial charge in [-0.05, 0) is 6.07 Å². The Hall–Kier alpha value is -1.99. The lowest BCUT2D eigenvalue weighted by atomic mass is 10.0. The van der Waals surface area contributed by atoms with Gasteiger partial charge in [0.05, 0.1) is 13.2 Å². The number of carboxylic acid groups (broad SMARTS) is 1. The van der Waals surface area contributed by atoms with E-state index in [1.807, 2.05) is 4.90 Å². The lowest BCUT2D eigenvalue weighted by Crippen LogP contribution is -2.47. The van der Waals surface area contributed by atoms with E-state index in [-0.39, 0.29) is 5.56 Å². The number of morpholine rings is 1. The van der Waals surface area contributed by atoms with Crippen molar-refractivity contribution in [3.05, 3.63) is 35.6 Å². The molecule has 1 aliphatic rings. The Balaban J connectivity index is 2.30. The van der Waals surface area contributed by atoms with E-state index >= 15 is 0 Å². The number of carbonyl (C=O) groups is 2. The van der Waals surface area contributed by atoms with Crippen molar-refractivity contribution in [3.63, 3.8) is 0 Å². The van der Waals surface area contributed by atoms with Gasteiger partial charge in [-0.1, -0.05) is 18.2 Å². The molecule has 1 saturated heterocycles. The van der Waals surface area contributed by atoms with Crippen molar-refractivity contribution in [2.24, 2.45) is 0 Å². The van der Waals surface area contributed by atoms with E-state index in [0.29, 0.717) is 26.3 Å². The minimum absolute atomic E-state index is 0.256. The molecule has 120 valence electrons. The topological polar surface area (TPSA) is 70.1 Å². The van der Waals surface area contributed by atoms with Gasteiger partial charge in [-0.15, -0.1) is 0 Å². The van der Waals surface area contributed by atoms with Gasteiger partial charge in [0.15, 0.2) is 0 Å². The lowest BCUT2D eigenvalue weighted by Gasteiger charge is -2.35. The van der Waals surface area contributed by atoms with Gasteiger partial charge in [0.25, 0.3) is 0 Å². The zero-order chi connectivity index (χ0) is 16.1. The van der Waals surface area contributed by atoms with Crippen molar-refractivity contribution in [2.75, 3.05) is 39.9 Å². The number of carbonyl (C=O) groups excluding carboxylic acids is 1. The fourth-order valence-electron chi connectivity index (χ4n) is 2.51. The number of benzene rings is 1. The van der Waals surface area contributed by atoms with Gasteiger partial charge in [-0.25, -0.2) is 4.39 Å². The minimum Gasteiger partial charge on any atom is -0.480 e. The van der Waals surface area contributed by atoms with Crippen LogP contribution in [0.15, 0.2) is 24.3 Å². The van der Waals surface area contributed by atoms with Gasteiger partial charge in [-0.2, -0.15) is 0 Å². The van der Waals surface area contributed by atoms with Crippen molar-refractivity contribution in [1.82, 2.24) is 9.80 Å². The first-order chi connectivity index (χ1) is 10.5. The predicted molar refractivity (Wildman–Crippen MR) is 76.8 cm³/mol. The second-order valence-corrected chi connectivity index (χ2v) is 5.16. The van der Waals surface area contributed by atoms with Crippen molar-refractivity contribution in [3.8, 4) is 0 Å². The molecule has 1 aromatic rings. The van der Waals surface area contributed by atoms with Crippen LogP contribution in [0.1, 0.15) is 11.6 Å². The number of amides is 1. The van der Waals surface area contributed by atoms with E-state index < -0.39 is 30.3 Å². The number of likely N-dealkylation sites (N-methyl/N-ethyl adjacent to an activating group) is 1. The Morgan fingerprint density at radius 2 is 2.00 bits per heavy atom. The Kier molecular flexibility index (Phi) is 5.46. The van der Waals surface area contributed by atoms with Gasteiger partial charge < -0.3 is 14.7 Å². The summed E-state index contributed by atoms with van der Waals surface area (Å²) in [4.78, 5) is 26.4. The fraction of sp³-hybridized carbons (Fsp3) is 0.467. The largest absolute Gasteiger partial charge is 0.480 e. The molecule has 0 radical (unpaired) electrons. The van der Waals surface area contributed by atoms with Crippen molar-refractivity contribution < 1.29 is 23.8 Å². The zero-order valence-electron chi connectivity index (χ0n) is 12.4. The minimum atomic E-state index is -1.11. The van der Waals surface area contributed by atoms with Crippen molar-refractivity contribution in [2.45, 2.75) is 6.04 Å². The molecule has 1 aromatic carbocycles. The van der Waals surface area contributed by atoms with Gasteiger partial charge in [0, 0.05) is 25.7 Å². The van der Waals surface area contributed by atoms with E-state index in [9.17, 15) is 14.0 Å². The van der Waals surface area contributed by atoms with Crippen LogP contribution in [0.5, 0.6) is 0 Å². The third-order valence-corrected chi connectivity index (χ3v) is 3.59. The van der Waals surface area contributed by atoms with Crippen LogP contribution in [0, 0.1) is 5.82 Å².